The van der Waals surface area contributed by atoms with Crippen LogP contribution < -0.4 is 5.32 Å². The molecule has 1 N–H and O–H groups in total. The zero-order valence-corrected chi connectivity index (χ0v) is 9.87. The minimum Gasteiger partial charge on any atom is -0.311 e. The monoisotopic (exact) mass is 207 g/mol. The van der Waals surface area contributed by atoms with Gasteiger partial charge in [-0.05, 0) is 20.3 Å². The van der Waals surface area contributed by atoms with Crippen LogP contribution in [0.5, 0.6) is 0 Å². The molecule has 0 aliphatic carbocycles. The Labute approximate surface area is 81.8 Å². The first-order valence-electron chi connectivity index (χ1n) is 4.78. The van der Waals surface area contributed by atoms with Crippen LogP contribution in [0, 0.1) is 0 Å². The van der Waals surface area contributed by atoms with E-state index < -0.39 is 9.84 Å². The molecule has 0 rings (SSSR count). The van der Waals surface area contributed by atoms with Crippen LogP contribution in [0.2, 0.25) is 0 Å². The van der Waals surface area contributed by atoms with Gasteiger partial charge in [0.05, 0.1) is 5.75 Å². The summed E-state index contributed by atoms with van der Waals surface area (Å²) in [5, 5.41) is 3.22. The molecule has 80 valence electrons. The lowest BCUT2D eigenvalue weighted by atomic mass is 10.0. The maximum absolute atomic E-state index is 11.1. The van der Waals surface area contributed by atoms with Crippen molar-refractivity contribution in [1.29, 1.82) is 0 Å². The molecule has 13 heavy (non-hydrogen) atoms. The van der Waals surface area contributed by atoms with Crippen molar-refractivity contribution in [1.82, 2.24) is 5.32 Å². The predicted molar refractivity (Wildman–Crippen MR) is 56.7 cm³/mol. The molecular weight excluding hydrogens is 186 g/mol. The zero-order valence-electron chi connectivity index (χ0n) is 9.05. The second kappa shape index (κ2) is 4.96. The molecule has 0 aromatic heterocycles. The van der Waals surface area contributed by atoms with Gasteiger partial charge in [0.15, 0.2) is 9.84 Å². The summed E-state index contributed by atoms with van der Waals surface area (Å²) in [6.07, 6.45) is 0.999. The van der Waals surface area contributed by atoms with E-state index in [4.69, 9.17) is 0 Å². The standard InChI is InChI=1S/C9H21NO2S/c1-5-9(3,4)10-7-8-13(11,12)6-2/h10H,5-8H2,1-4H3. The third kappa shape index (κ3) is 6.05. The average molecular weight is 207 g/mol. The van der Waals surface area contributed by atoms with E-state index in [1.165, 1.54) is 0 Å². The summed E-state index contributed by atoms with van der Waals surface area (Å²) in [5.74, 6) is 0.480. The van der Waals surface area contributed by atoms with Gasteiger partial charge in [-0.2, -0.15) is 0 Å². The molecule has 4 heteroatoms. The maximum atomic E-state index is 11.1. The molecule has 3 nitrogen and oxygen atoms in total. The topological polar surface area (TPSA) is 46.2 Å². The molecule has 0 saturated carbocycles. The normalized spacial score (nSPS) is 13.2. The lowest BCUT2D eigenvalue weighted by Crippen LogP contribution is -2.41. The van der Waals surface area contributed by atoms with E-state index >= 15 is 0 Å². The number of rotatable bonds is 6. The van der Waals surface area contributed by atoms with Crippen molar-refractivity contribution in [2.24, 2.45) is 0 Å². The van der Waals surface area contributed by atoms with E-state index in [-0.39, 0.29) is 17.0 Å². The van der Waals surface area contributed by atoms with Gasteiger partial charge < -0.3 is 5.32 Å². The number of hydrogen-bond donors (Lipinski definition) is 1. The summed E-state index contributed by atoms with van der Waals surface area (Å²) < 4.78 is 22.3. The highest BCUT2D eigenvalue weighted by atomic mass is 32.2. The first-order chi connectivity index (χ1) is 5.83. The van der Waals surface area contributed by atoms with Crippen LogP contribution in [-0.2, 0) is 9.84 Å². The average Bonchev–Trinajstić information content (AvgIpc) is 2.04. The predicted octanol–water partition coefficient (Wildman–Crippen LogP) is 1.20. The van der Waals surface area contributed by atoms with Gasteiger partial charge in [-0.3, -0.25) is 0 Å². The fourth-order valence-electron chi connectivity index (χ4n) is 0.814. The van der Waals surface area contributed by atoms with Crippen molar-refractivity contribution in [3.8, 4) is 0 Å². The molecule has 0 aliphatic rings. The Hall–Kier alpha value is -0.0900. The summed E-state index contributed by atoms with van der Waals surface area (Å²) in [6.45, 7) is 8.47. The summed E-state index contributed by atoms with van der Waals surface area (Å²) in [7, 11) is -2.81. The van der Waals surface area contributed by atoms with E-state index in [2.05, 4.69) is 26.1 Å². The van der Waals surface area contributed by atoms with Gasteiger partial charge in [0.1, 0.15) is 0 Å². The molecular formula is C9H21NO2S. The van der Waals surface area contributed by atoms with E-state index in [1.54, 1.807) is 6.92 Å². The maximum Gasteiger partial charge on any atom is 0.151 e. The van der Waals surface area contributed by atoms with E-state index in [9.17, 15) is 8.42 Å². The van der Waals surface area contributed by atoms with Gasteiger partial charge in [-0.15, -0.1) is 0 Å². The molecule has 0 unspecified atom stereocenters. The van der Waals surface area contributed by atoms with E-state index in [0.717, 1.165) is 6.42 Å². The molecule has 0 aliphatic heterocycles. The van der Waals surface area contributed by atoms with Crippen LogP contribution >= 0.6 is 0 Å². The SMILES string of the molecule is CCC(C)(C)NCCS(=O)(=O)CC. The molecule has 0 radical (unpaired) electrons. The van der Waals surface area contributed by atoms with E-state index in [1.807, 2.05) is 0 Å². The van der Waals surface area contributed by atoms with Gasteiger partial charge in [0.2, 0.25) is 0 Å². The van der Waals surface area contributed by atoms with Crippen molar-refractivity contribution < 1.29 is 8.42 Å². The number of hydrogen-bond acceptors (Lipinski definition) is 3. The summed E-state index contributed by atoms with van der Waals surface area (Å²) in [6, 6.07) is 0. The molecule has 0 aromatic rings. The fraction of sp³-hybridized carbons (Fsp3) is 1.00. The minimum atomic E-state index is -2.81. The number of sulfone groups is 1. The Morgan fingerprint density at radius 2 is 1.77 bits per heavy atom. The van der Waals surface area contributed by atoms with Crippen LogP contribution in [-0.4, -0.2) is 32.0 Å². The van der Waals surface area contributed by atoms with Crippen molar-refractivity contribution >= 4 is 9.84 Å². The Bertz CT molecular complexity index is 232. The van der Waals surface area contributed by atoms with Gasteiger partial charge in [-0.25, -0.2) is 8.42 Å². The summed E-state index contributed by atoms with van der Waals surface area (Å²) in [5.41, 5.74) is 0.0449. The lowest BCUT2D eigenvalue weighted by Gasteiger charge is -2.24. The number of nitrogens with one attached hydrogen (secondary N) is 1. The van der Waals surface area contributed by atoms with E-state index in [0.29, 0.717) is 6.54 Å². The van der Waals surface area contributed by atoms with Crippen molar-refractivity contribution in [2.75, 3.05) is 18.1 Å². The molecule has 0 spiro atoms. The smallest absolute Gasteiger partial charge is 0.151 e. The first kappa shape index (κ1) is 12.9. The first-order valence-corrected chi connectivity index (χ1v) is 6.60. The third-order valence-corrected chi connectivity index (χ3v) is 4.05. The molecule has 0 atom stereocenters. The highest BCUT2D eigenvalue weighted by Gasteiger charge is 2.15. The molecule has 0 fully saturated rings. The Balaban J connectivity index is 3.81. The van der Waals surface area contributed by atoms with Gasteiger partial charge in [0.25, 0.3) is 0 Å². The van der Waals surface area contributed by atoms with Crippen molar-refractivity contribution in [2.45, 2.75) is 39.7 Å². The highest BCUT2D eigenvalue weighted by molar-refractivity contribution is 7.91. The van der Waals surface area contributed by atoms with Gasteiger partial charge in [0, 0.05) is 17.8 Å². The largest absolute Gasteiger partial charge is 0.311 e. The molecule has 0 amide bonds. The summed E-state index contributed by atoms with van der Waals surface area (Å²) >= 11 is 0. The van der Waals surface area contributed by atoms with Crippen LogP contribution in [0.3, 0.4) is 0 Å². The third-order valence-electron chi connectivity index (χ3n) is 2.34. The van der Waals surface area contributed by atoms with Crippen LogP contribution in [0.1, 0.15) is 34.1 Å². The van der Waals surface area contributed by atoms with Gasteiger partial charge in [-0.1, -0.05) is 13.8 Å². The molecule has 0 saturated heterocycles. The second-order valence-corrected chi connectivity index (χ2v) is 6.37. The minimum absolute atomic E-state index is 0.0449. The Kier molecular flexibility index (Phi) is 4.92. The molecule has 0 aromatic carbocycles. The second-order valence-electron chi connectivity index (χ2n) is 3.90. The molecule has 0 heterocycles. The Morgan fingerprint density at radius 3 is 2.15 bits per heavy atom. The van der Waals surface area contributed by atoms with Crippen molar-refractivity contribution in [3.63, 3.8) is 0 Å². The van der Waals surface area contributed by atoms with Crippen molar-refractivity contribution in [3.05, 3.63) is 0 Å². The fourth-order valence-corrected chi connectivity index (χ4v) is 1.52. The van der Waals surface area contributed by atoms with Gasteiger partial charge >= 0.3 is 0 Å². The molecule has 0 bridgehead atoms. The highest BCUT2D eigenvalue weighted by Crippen LogP contribution is 2.05. The quantitative estimate of drug-likeness (QED) is 0.712. The zero-order chi connectivity index (χ0) is 10.5. The van der Waals surface area contributed by atoms with Crippen LogP contribution in [0.4, 0.5) is 0 Å². The van der Waals surface area contributed by atoms with Crippen LogP contribution in [0.15, 0.2) is 0 Å². The summed E-state index contributed by atoms with van der Waals surface area (Å²) in [4.78, 5) is 0. The lowest BCUT2D eigenvalue weighted by molar-refractivity contribution is 0.387. The van der Waals surface area contributed by atoms with Crippen LogP contribution in [0.25, 0.3) is 0 Å². The Morgan fingerprint density at radius 1 is 1.23 bits per heavy atom.